The van der Waals surface area contributed by atoms with Crippen LogP contribution in [0.5, 0.6) is 0 Å². The number of nitrogens with zero attached hydrogens (tertiary/aromatic N) is 7. The number of aryl methyl sites for hydroxylation is 1. The van der Waals surface area contributed by atoms with Crippen LogP contribution < -0.4 is 4.90 Å². The molecule has 2 fully saturated rings. The van der Waals surface area contributed by atoms with Crippen LogP contribution >= 0.6 is 11.6 Å². The van der Waals surface area contributed by atoms with E-state index in [1.807, 2.05) is 0 Å². The van der Waals surface area contributed by atoms with Gasteiger partial charge in [0.2, 0.25) is 5.89 Å². The summed E-state index contributed by atoms with van der Waals surface area (Å²) in [5.74, 6) is 1.68. The number of aromatic nitrogens is 4. The molecule has 0 bridgehead atoms. The predicted octanol–water partition coefficient (Wildman–Crippen LogP) is 3.05. The maximum absolute atomic E-state index is 13.7. The van der Waals surface area contributed by atoms with Gasteiger partial charge < -0.3 is 18.9 Å². The van der Waals surface area contributed by atoms with Gasteiger partial charge in [-0.15, -0.1) is 0 Å². The number of fused-ring (bicyclic) bond motifs is 1. The fraction of sp³-hybridized carbons (Fsp3) is 0.381. The van der Waals surface area contributed by atoms with E-state index < -0.39 is 0 Å². The third kappa shape index (κ3) is 3.54. The van der Waals surface area contributed by atoms with E-state index >= 15 is 0 Å². The monoisotopic (exact) mass is 457 g/mol. The normalized spacial score (nSPS) is 21.5. The molecule has 3 heterocycles. The van der Waals surface area contributed by atoms with Crippen molar-refractivity contribution >= 4 is 35.7 Å². The van der Waals surface area contributed by atoms with Crippen molar-refractivity contribution in [3.63, 3.8) is 0 Å². The molecule has 2 atom stereocenters. The van der Waals surface area contributed by atoms with Gasteiger partial charge in [-0.1, -0.05) is 16.8 Å². The molecule has 0 N–H and O–H groups in total. The molecule has 2 unspecified atom stereocenters. The summed E-state index contributed by atoms with van der Waals surface area (Å²) in [4.78, 5) is 28.8. The summed E-state index contributed by atoms with van der Waals surface area (Å²) in [6.07, 6.45) is 1.52. The summed E-state index contributed by atoms with van der Waals surface area (Å²) in [6, 6.07) is 4.58. The van der Waals surface area contributed by atoms with Gasteiger partial charge >= 0.3 is 0 Å². The molecule has 166 valence electrons. The molecule has 5 rings (SSSR count). The Kier molecular flexibility index (Phi) is 4.96. The smallest absolute Gasteiger partial charge is 0.274 e. The largest absolute Gasteiger partial charge is 0.371 e. The first-order valence-corrected chi connectivity index (χ1v) is 10.5. The SMILES string of the molecule is C=Nc1ncn(C)c1C(=O)N(C)Cc1nc(C2C3CN(c4cc(F)cc(Cl)c4)CC32)no1. The highest BCUT2D eigenvalue weighted by Crippen LogP contribution is 2.58. The zero-order chi connectivity index (χ0) is 22.6. The van der Waals surface area contributed by atoms with Crippen molar-refractivity contribution in [1.82, 2.24) is 24.6 Å². The predicted molar refractivity (Wildman–Crippen MR) is 116 cm³/mol. The molecule has 2 aliphatic rings. The van der Waals surface area contributed by atoms with Crippen molar-refractivity contribution in [2.45, 2.75) is 12.5 Å². The van der Waals surface area contributed by atoms with Crippen LogP contribution in [0.25, 0.3) is 0 Å². The lowest BCUT2D eigenvalue weighted by Crippen LogP contribution is -2.28. The first-order valence-electron chi connectivity index (χ1n) is 10.1. The average molecular weight is 458 g/mol. The first kappa shape index (κ1) is 20.6. The molecule has 2 aromatic heterocycles. The van der Waals surface area contributed by atoms with E-state index in [0.29, 0.717) is 34.3 Å². The summed E-state index contributed by atoms with van der Waals surface area (Å²) >= 11 is 5.99. The van der Waals surface area contributed by atoms with Gasteiger partial charge in [0, 0.05) is 43.8 Å². The van der Waals surface area contributed by atoms with Crippen LogP contribution in [0.1, 0.15) is 28.1 Å². The van der Waals surface area contributed by atoms with Crippen molar-refractivity contribution in [2.24, 2.45) is 23.9 Å². The second-order valence-corrected chi connectivity index (χ2v) is 8.72. The number of halogens is 2. The minimum atomic E-state index is -0.340. The summed E-state index contributed by atoms with van der Waals surface area (Å²) < 4.78 is 20.7. The minimum Gasteiger partial charge on any atom is -0.371 e. The fourth-order valence-corrected chi connectivity index (χ4v) is 4.76. The minimum absolute atomic E-state index is 0.170. The lowest BCUT2D eigenvalue weighted by atomic mass is 10.2. The third-order valence-corrected chi connectivity index (χ3v) is 6.40. The Labute approximate surface area is 188 Å². The third-order valence-electron chi connectivity index (χ3n) is 6.18. The number of hydrogen-bond acceptors (Lipinski definition) is 7. The van der Waals surface area contributed by atoms with Crippen LogP contribution in [0.4, 0.5) is 15.9 Å². The van der Waals surface area contributed by atoms with Gasteiger partial charge in [-0.2, -0.15) is 4.98 Å². The van der Waals surface area contributed by atoms with Gasteiger partial charge in [0.25, 0.3) is 5.91 Å². The Hall–Kier alpha value is -3.27. The number of carbonyl (C=O) groups is 1. The maximum Gasteiger partial charge on any atom is 0.274 e. The van der Waals surface area contributed by atoms with E-state index in [2.05, 4.69) is 31.7 Å². The van der Waals surface area contributed by atoms with Gasteiger partial charge in [-0.05, 0) is 36.8 Å². The highest BCUT2D eigenvalue weighted by atomic mass is 35.5. The number of imidazole rings is 1. The van der Waals surface area contributed by atoms with Gasteiger partial charge in [-0.25, -0.2) is 14.4 Å². The molecular weight excluding hydrogens is 437 g/mol. The van der Waals surface area contributed by atoms with Crippen molar-refractivity contribution in [3.05, 3.63) is 52.8 Å². The molecule has 1 aliphatic heterocycles. The number of benzene rings is 1. The number of amides is 1. The molecule has 0 spiro atoms. The molecule has 1 aromatic carbocycles. The zero-order valence-corrected chi connectivity index (χ0v) is 18.3. The Bertz CT molecular complexity index is 1180. The number of carbonyl (C=O) groups excluding carboxylic acids is 1. The highest BCUT2D eigenvalue weighted by Gasteiger charge is 2.58. The van der Waals surface area contributed by atoms with Crippen molar-refractivity contribution in [1.29, 1.82) is 0 Å². The van der Waals surface area contributed by atoms with E-state index in [9.17, 15) is 9.18 Å². The maximum atomic E-state index is 13.7. The van der Waals surface area contributed by atoms with E-state index in [1.54, 1.807) is 24.7 Å². The second kappa shape index (κ2) is 7.70. The molecular formula is C21H21ClFN7O2. The van der Waals surface area contributed by atoms with Crippen LogP contribution in [0.2, 0.25) is 5.02 Å². The molecule has 32 heavy (non-hydrogen) atoms. The van der Waals surface area contributed by atoms with E-state index in [1.165, 1.54) is 23.4 Å². The van der Waals surface area contributed by atoms with Gasteiger partial charge in [-0.3, -0.25) is 4.79 Å². The number of piperidine rings is 1. The molecule has 1 saturated heterocycles. The van der Waals surface area contributed by atoms with E-state index in [-0.39, 0.29) is 30.0 Å². The zero-order valence-electron chi connectivity index (χ0n) is 17.6. The molecule has 1 aliphatic carbocycles. The summed E-state index contributed by atoms with van der Waals surface area (Å²) in [5.41, 5.74) is 1.13. The Morgan fingerprint density at radius 2 is 2.12 bits per heavy atom. The lowest BCUT2D eigenvalue weighted by molar-refractivity contribution is 0.0761. The number of anilines is 1. The van der Waals surface area contributed by atoms with Crippen LogP contribution in [-0.2, 0) is 13.6 Å². The number of hydrogen-bond donors (Lipinski definition) is 0. The molecule has 9 nitrogen and oxygen atoms in total. The van der Waals surface area contributed by atoms with Crippen LogP contribution in [0, 0.1) is 17.7 Å². The fourth-order valence-electron chi connectivity index (χ4n) is 4.55. The molecule has 11 heteroatoms. The number of aliphatic imine (C=N–C) groups is 1. The summed E-state index contributed by atoms with van der Waals surface area (Å²) in [5, 5.41) is 4.53. The Morgan fingerprint density at radius 3 is 2.81 bits per heavy atom. The van der Waals surface area contributed by atoms with E-state index in [4.69, 9.17) is 16.1 Å². The van der Waals surface area contributed by atoms with Gasteiger partial charge in [0.1, 0.15) is 12.4 Å². The summed E-state index contributed by atoms with van der Waals surface area (Å²) in [6.45, 7) is 5.20. The number of rotatable bonds is 6. The Morgan fingerprint density at radius 1 is 1.38 bits per heavy atom. The average Bonchev–Trinajstić information content (AvgIpc) is 3.17. The quantitative estimate of drug-likeness (QED) is 0.528. The van der Waals surface area contributed by atoms with Crippen LogP contribution in [0.15, 0.2) is 34.0 Å². The molecule has 1 amide bonds. The molecule has 3 aromatic rings. The topological polar surface area (TPSA) is 92.7 Å². The lowest BCUT2D eigenvalue weighted by Gasteiger charge is -2.21. The first-order chi connectivity index (χ1) is 15.4. The van der Waals surface area contributed by atoms with Crippen LogP contribution in [-0.4, -0.2) is 57.4 Å². The van der Waals surface area contributed by atoms with Crippen LogP contribution in [0.3, 0.4) is 0 Å². The van der Waals surface area contributed by atoms with Crippen molar-refractivity contribution in [2.75, 3.05) is 25.0 Å². The van der Waals surface area contributed by atoms with Crippen molar-refractivity contribution < 1.29 is 13.7 Å². The summed E-state index contributed by atoms with van der Waals surface area (Å²) in [7, 11) is 3.38. The molecule has 1 saturated carbocycles. The Balaban J connectivity index is 1.22. The standard InChI is InChI=1S/C21H21ClFN7O2/c1-24-20-18(29(3)10-25-20)21(31)28(2)9-16-26-19(27-32-16)17-14-7-30(8-15(14)17)13-5-11(22)4-12(23)6-13/h4-6,10,14-15,17H,1,7-9H2,2-3H3. The van der Waals surface area contributed by atoms with Gasteiger partial charge in [0.05, 0.1) is 6.33 Å². The molecule has 0 radical (unpaired) electrons. The second-order valence-electron chi connectivity index (χ2n) is 8.28. The van der Waals surface area contributed by atoms with Crippen molar-refractivity contribution in [3.8, 4) is 0 Å². The van der Waals surface area contributed by atoms with Gasteiger partial charge in [0.15, 0.2) is 17.3 Å². The highest BCUT2D eigenvalue weighted by molar-refractivity contribution is 6.30. The van der Waals surface area contributed by atoms with E-state index in [0.717, 1.165) is 18.8 Å².